The zero-order valence-corrected chi connectivity index (χ0v) is 8.17. The van der Waals surface area contributed by atoms with Crippen LogP contribution in [0.3, 0.4) is 0 Å². The summed E-state index contributed by atoms with van der Waals surface area (Å²) in [5.41, 5.74) is -0.722. The van der Waals surface area contributed by atoms with Crippen LogP contribution in [0.5, 0.6) is 0 Å². The molecule has 0 aromatic rings. The molecule has 0 aromatic heterocycles. The van der Waals surface area contributed by atoms with Crippen molar-refractivity contribution in [2.75, 3.05) is 0 Å². The van der Waals surface area contributed by atoms with E-state index in [-0.39, 0.29) is 24.5 Å². The van der Waals surface area contributed by atoms with E-state index in [0.29, 0.717) is 0 Å². The summed E-state index contributed by atoms with van der Waals surface area (Å²) in [5.74, 6) is -0.544. The van der Waals surface area contributed by atoms with Crippen molar-refractivity contribution in [2.24, 2.45) is 11.3 Å². The molecule has 1 saturated carbocycles. The molecule has 1 aliphatic carbocycles. The van der Waals surface area contributed by atoms with Gasteiger partial charge in [0.25, 0.3) is 0 Å². The highest BCUT2D eigenvalue weighted by atomic mass is 16.4. The molecule has 13 heavy (non-hydrogen) atoms. The van der Waals surface area contributed by atoms with Crippen molar-refractivity contribution in [3.63, 3.8) is 0 Å². The van der Waals surface area contributed by atoms with E-state index in [0.717, 1.165) is 12.8 Å². The van der Waals surface area contributed by atoms with Gasteiger partial charge >= 0.3 is 5.97 Å². The fourth-order valence-corrected chi connectivity index (χ4v) is 2.34. The monoisotopic (exact) mass is 184 g/mol. The minimum absolute atomic E-state index is 0.0919. The van der Waals surface area contributed by atoms with Gasteiger partial charge in [-0.25, -0.2) is 0 Å². The first-order chi connectivity index (χ1) is 6.06. The first-order valence-electron chi connectivity index (χ1n) is 4.82. The molecule has 0 radical (unpaired) electrons. The Morgan fingerprint density at radius 1 is 1.46 bits per heavy atom. The highest BCUT2D eigenvalue weighted by Crippen LogP contribution is 2.47. The van der Waals surface area contributed by atoms with Crippen LogP contribution in [-0.2, 0) is 9.59 Å². The molecular weight excluding hydrogens is 168 g/mol. The Bertz CT molecular complexity index is 220. The summed E-state index contributed by atoms with van der Waals surface area (Å²) in [4.78, 5) is 21.9. The lowest BCUT2D eigenvalue weighted by Crippen LogP contribution is -2.49. The number of Topliss-reactive ketones (excluding diaryl/α,β-unsaturated/α-hetero) is 1. The van der Waals surface area contributed by atoms with Gasteiger partial charge in [-0.3, -0.25) is 9.59 Å². The predicted molar refractivity (Wildman–Crippen MR) is 48.4 cm³/mol. The summed E-state index contributed by atoms with van der Waals surface area (Å²) in [6, 6.07) is 0. The van der Waals surface area contributed by atoms with Gasteiger partial charge in [-0.1, -0.05) is 26.7 Å². The maximum atomic E-state index is 11.1. The molecule has 0 heterocycles. The van der Waals surface area contributed by atoms with E-state index in [1.54, 1.807) is 0 Å². The van der Waals surface area contributed by atoms with E-state index >= 15 is 0 Å². The van der Waals surface area contributed by atoms with Crippen molar-refractivity contribution >= 4 is 11.8 Å². The third-order valence-corrected chi connectivity index (χ3v) is 3.22. The minimum Gasteiger partial charge on any atom is -0.481 e. The Labute approximate surface area is 78.1 Å². The van der Waals surface area contributed by atoms with Crippen molar-refractivity contribution in [1.29, 1.82) is 0 Å². The quantitative estimate of drug-likeness (QED) is 0.725. The number of hydrogen-bond acceptors (Lipinski definition) is 2. The lowest BCUT2D eigenvalue weighted by atomic mass is 9.59. The van der Waals surface area contributed by atoms with Crippen molar-refractivity contribution in [3.8, 4) is 0 Å². The predicted octanol–water partition coefficient (Wildman–Crippen LogP) is 1.86. The molecule has 74 valence electrons. The molecule has 0 amide bonds. The summed E-state index contributed by atoms with van der Waals surface area (Å²) >= 11 is 0. The van der Waals surface area contributed by atoms with Gasteiger partial charge in [-0.15, -0.1) is 0 Å². The molecule has 1 rings (SSSR count). The fourth-order valence-electron chi connectivity index (χ4n) is 2.34. The molecule has 0 aliphatic heterocycles. The maximum absolute atomic E-state index is 11.1. The van der Waals surface area contributed by atoms with Crippen LogP contribution in [0, 0.1) is 11.3 Å². The van der Waals surface area contributed by atoms with E-state index in [9.17, 15) is 9.59 Å². The summed E-state index contributed by atoms with van der Waals surface area (Å²) in [7, 11) is 0. The number of rotatable bonds is 4. The Balaban J connectivity index is 2.79. The van der Waals surface area contributed by atoms with Crippen molar-refractivity contribution < 1.29 is 14.7 Å². The second-order valence-corrected chi connectivity index (χ2v) is 3.87. The van der Waals surface area contributed by atoms with Crippen LogP contribution in [-0.4, -0.2) is 16.9 Å². The summed E-state index contributed by atoms with van der Waals surface area (Å²) in [5, 5.41) is 9.08. The van der Waals surface area contributed by atoms with Gasteiger partial charge in [0.05, 0.1) is 5.41 Å². The van der Waals surface area contributed by atoms with Gasteiger partial charge in [0.1, 0.15) is 5.78 Å². The molecule has 0 bridgehead atoms. The van der Waals surface area contributed by atoms with Crippen LogP contribution >= 0.6 is 0 Å². The van der Waals surface area contributed by atoms with Crippen LogP contribution in [0.2, 0.25) is 0 Å². The molecule has 1 N–H and O–H groups in total. The average molecular weight is 184 g/mol. The van der Waals surface area contributed by atoms with Gasteiger partial charge < -0.3 is 5.11 Å². The van der Waals surface area contributed by atoms with Gasteiger partial charge in [0.15, 0.2) is 0 Å². The normalized spacial score (nSPS) is 20.1. The van der Waals surface area contributed by atoms with E-state index in [4.69, 9.17) is 5.11 Å². The smallest absolute Gasteiger partial charge is 0.310 e. The summed E-state index contributed by atoms with van der Waals surface area (Å²) in [6.45, 7) is 3.98. The Hall–Kier alpha value is -0.860. The Morgan fingerprint density at radius 3 is 2.15 bits per heavy atom. The van der Waals surface area contributed by atoms with Crippen LogP contribution in [0.4, 0.5) is 0 Å². The molecule has 0 spiro atoms. The largest absolute Gasteiger partial charge is 0.481 e. The third-order valence-electron chi connectivity index (χ3n) is 3.22. The molecule has 1 aliphatic rings. The average Bonchev–Trinajstić information content (AvgIpc) is 2.02. The second-order valence-electron chi connectivity index (χ2n) is 3.87. The number of carboxylic acid groups (broad SMARTS) is 1. The molecule has 3 heteroatoms. The zero-order valence-electron chi connectivity index (χ0n) is 8.17. The Morgan fingerprint density at radius 2 is 1.92 bits per heavy atom. The van der Waals surface area contributed by atoms with Gasteiger partial charge in [-0.2, -0.15) is 0 Å². The van der Waals surface area contributed by atoms with Crippen LogP contribution in [0.1, 0.15) is 39.5 Å². The maximum Gasteiger partial charge on any atom is 0.310 e. The number of hydrogen-bond donors (Lipinski definition) is 1. The first kappa shape index (κ1) is 10.2. The summed E-state index contributed by atoms with van der Waals surface area (Å²) < 4.78 is 0. The lowest BCUT2D eigenvalue weighted by Gasteiger charge is -2.42. The van der Waals surface area contributed by atoms with Crippen LogP contribution in [0.15, 0.2) is 0 Å². The summed E-state index contributed by atoms with van der Waals surface area (Å²) in [6.07, 6.45) is 2.18. The standard InChI is InChI=1S/C10H16O3/c1-3-7(4-2)10(9(12)13)5-8(11)6-10/h7H,3-6H2,1-2H3,(H,12,13). The fraction of sp³-hybridized carbons (Fsp3) is 0.800. The van der Waals surface area contributed by atoms with Gasteiger partial charge in [-0.05, 0) is 5.92 Å². The van der Waals surface area contributed by atoms with E-state index in [2.05, 4.69) is 0 Å². The van der Waals surface area contributed by atoms with E-state index < -0.39 is 11.4 Å². The van der Waals surface area contributed by atoms with Crippen LogP contribution < -0.4 is 0 Å². The lowest BCUT2D eigenvalue weighted by molar-refractivity contribution is -0.166. The molecule has 0 saturated heterocycles. The van der Waals surface area contributed by atoms with Crippen molar-refractivity contribution in [1.82, 2.24) is 0 Å². The number of carboxylic acids is 1. The van der Waals surface area contributed by atoms with E-state index in [1.165, 1.54) is 0 Å². The number of carbonyl (C=O) groups is 2. The molecule has 1 fully saturated rings. The number of carbonyl (C=O) groups excluding carboxylic acids is 1. The van der Waals surface area contributed by atoms with Crippen molar-refractivity contribution in [2.45, 2.75) is 39.5 Å². The van der Waals surface area contributed by atoms with Crippen molar-refractivity contribution in [3.05, 3.63) is 0 Å². The molecule has 0 unspecified atom stereocenters. The van der Waals surface area contributed by atoms with Gasteiger partial charge in [0, 0.05) is 12.8 Å². The molecule has 3 nitrogen and oxygen atoms in total. The minimum atomic E-state index is -0.791. The molecule has 0 aromatic carbocycles. The zero-order chi connectivity index (χ0) is 10.1. The number of aliphatic carboxylic acids is 1. The second kappa shape index (κ2) is 3.48. The first-order valence-corrected chi connectivity index (χ1v) is 4.82. The SMILES string of the molecule is CCC(CC)C1(C(=O)O)CC(=O)C1. The Kier molecular flexibility index (Phi) is 2.74. The van der Waals surface area contributed by atoms with Crippen LogP contribution in [0.25, 0.3) is 0 Å². The third kappa shape index (κ3) is 1.47. The number of ketones is 1. The van der Waals surface area contributed by atoms with Gasteiger partial charge in [0.2, 0.25) is 0 Å². The topological polar surface area (TPSA) is 54.4 Å². The highest BCUT2D eigenvalue weighted by molar-refractivity contribution is 5.97. The molecular formula is C10H16O3. The van der Waals surface area contributed by atoms with E-state index in [1.807, 2.05) is 13.8 Å². The highest BCUT2D eigenvalue weighted by Gasteiger charge is 2.53. The molecule has 0 atom stereocenters.